The van der Waals surface area contributed by atoms with Crippen LogP contribution in [0.15, 0.2) is 41.1 Å². The summed E-state index contributed by atoms with van der Waals surface area (Å²) in [4.78, 5) is 11.6. The van der Waals surface area contributed by atoms with Crippen LogP contribution >= 0.6 is 11.3 Å². The van der Waals surface area contributed by atoms with Crippen molar-refractivity contribution < 1.29 is 4.79 Å². The second-order valence-corrected chi connectivity index (χ2v) is 4.28. The Labute approximate surface area is 103 Å². The molecular weight excluding hydrogens is 232 g/mol. The number of benzene rings is 1. The van der Waals surface area contributed by atoms with Crippen LogP contribution in [0.5, 0.6) is 0 Å². The Bertz CT molecular complexity index is 538. The second kappa shape index (κ2) is 5.28. The van der Waals surface area contributed by atoms with Crippen molar-refractivity contribution in [3.63, 3.8) is 0 Å². The molecule has 2 aromatic rings. The van der Waals surface area contributed by atoms with Gasteiger partial charge in [-0.15, -0.1) is 0 Å². The molecule has 0 radical (unpaired) electrons. The number of thiophene rings is 1. The molecule has 84 valence electrons. The average molecular weight is 242 g/mol. The van der Waals surface area contributed by atoms with E-state index < -0.39 is 0 Å². The molecule has 3 nitrogen and oxygen atoms in total. The molecule has 0 spiro atoms. The van der Waals surface area contributed by atoms with Gasteiger partial charge in [0.05, 0.1) is 11.6 Å². The predicted molar refractivity (Wildman–Crippen MR) is 66.6 cm³/mol. The molecule has 0 saturated heterocycles. The number of carbonyl (C=O) groups excluding carboxylic acids is 1. The van der Waals surface area contributed by atoms with Gasteiger partial charge < -0.3 is 5.32 Å². The zero-order chi connectivity index (χ0) is 12.1. The third-order valence-corrected chi connectivity index (χ3v) is 3.00. The third-order valence-electron chi connectivity index (χ3n) is 2.32. The first-order valence-corrected chi connectivity index (χ1v) is 6.03. The van der Waals surface area contributed by atoms with E-state index in [0.29, 0.717) is 17.7 Å². The molecule has 1 N–H and O–H groups in total. The van der Waals surface area contributed by atoms with Gasteiger partial charge in [-0.05, 0) is 29.1 Å². The normalized spacial score (nSPS) is 9.59. The summed E-state index contributed by atoms with van der Waals surface area (Å²) in [5.41, 5.74) is 2.29. The first-order chi connectivity index (χ1) is 8.29. The van der Waals surface area contributed by atoms with Gasteiger partial charge >= 0.3 is 0 Å². The summed E-state index contributed by atoms with van der Waals surface area (Å²) in [6.07, 6.45) is 0. The summed E-state index contributed by atoms with van der Waals surface area (Å²) in [5.74, 6) is -0.0735. The van der Waals surface area contributed by atoms with Gasteiger partial charge in [0.2, 0.25) is 0 Å². The number of nitrogens with zero attached hydrogens (tertiary/aromatic N) is 1. The number of amides is 1. The van der Waals surface area contributed by atoms with Crippen LogP contribution < -0.4 is 5.32 Å². The van der Waals surface area contributed by atoms with E-state index in [4.69, 9.17) is 5.26 Å². The Hall–Kier alpha value is -2.12. The average Bonchev–Trinajstić information content (AvgIpc) is 2.90. The number of hydrogen-bond donors (Lipinski definition) is 1. The lowest BCUT2D eigenvalue weighted by atomic mass is 10.1. The highest BCUT2D eigenvalue weighted by Gasteiger charge is 2.04. The summed E-state index contributed by atoms with van der Waals surface area (Å²) < 4.78 is 0. The molecule has 1 aromatic carbocycles. The summed E-state index contributed by atoms with van der Waals surface area (Å²) in [7, 11) is 0. The second-order valence-electron chi connectivity index (χ2n) is 3.50. The van der Waals surface area contributed by atoms with E-state index >= 15 is 0 Å². The first kappa shape index (κ1) is 11.4. The Balaban J connectivity index is 1.94. The molecular formula is C13H10N2OS. The van der Waals surface area contributed by atoms with Gasteiger partial charge in [0, 0.05) is 17.5 Å². The minimum Gasteiger partial charge on any atom is -0.348 e. The fourth-order valence-corrected chi connectivity index (χ4v) is 2.01. The molecule has 4 heteroatoms. The lowest BCUT2D eigenvalue weighted by Crippen LogP contribution is -2.22. The molecule has 0 aliphatic heterocycles. The van der Waals surface area contributed by atoms with Gasteiger partial charge in [-0.2, -0.15) is 16.6 Å². The van der Waals surface area contributed by atoms with Crippen LogP contribution in [0.2, 0.25) is 0 Å². The molecule has 0 bridgehead atoms. The third kappa shape index (κ3) is 2.92. The molecule has 0 unspecified atom stereocenters. The maximum Gasteiger partial charge on any atom is 0.252 e. The molecule has 2 rings (SSSR count). The molecule has 1 heterocycles. The number of carbonyl (C=O) groups is 1. The van der Waals surface area contributed by atoms with E-state index in [1.54, 1.807) is 18.2 Å². The van der Waals surface area contributed by atoms with Crippen molar-refractivity contribution in [3.05, 3.63) is 57.8 Å². The van der Waals surface area contributed by atoms with Crippen LogP contribution in [0.4, 0.5) is 0 Å². The van der Waals surface area contributed by atoms with Crippen LogP contribution in [0.25, 0.3) is 0 Å². The zero-order valence-corrected chi connectivity index (χ0v) is 9.83. The van der Waals surface area contributed by atoms with Gasteiger partial charge in [0.1, 0.15) is 0 Å². The van der Waals surface area contributed by atoms with E-state index in [9.17, 15) is 4.79 Å². The molecule has 0 aliphatic carbocycles. The first-order valence-electron chi connectivity index (χ1n) is 5.09. The lowest BCUT2D eigenvalue weighted by molar-refractivity contribution is 0.0951. The lowest BCUT2D eigenvalue weighted by Gasteiger charge is -2.03. The predicted octanol–water partition coefficient (Wildman–Crippen LogP) is 2.55. The van der Waals surface area contributed by atoms with Gasteiger partial charge in [0.25, 0.3) is 5.91 Å². The van der Waals surface area contributed by atoms with E-state index in [1.165, 1.54) is 11.3 Å². The minimum atomic E-state index is -0.0735. The highest BCUT2D eigenvalue weighted by molar-refractivity contribution is 7.08. The minimum absolute atomic E-state index is 0.0735. The van der Waals surface area contributed by atoms with E-state index in [-0.39, 0.29) is 5.91 Å². The Morgan fingerprint density at radius 3 is 2.65 bits per heavy atom. The van der Waals surface area contributed by atoms with Crippen molar-refractivity contribution in [3.8, 4) is 6.07 Å². The maximum absolute atomic E-state index is 11.6. The molecule has 0 saturated carbocycles. The van der Waals surface area contributed by atoms with Gasteiger partial charge in [0.15, 0.2) is 0 Å². The molecule has 0 fully saturated rings. The van der Waals surface area contributed by atoms with Crippen LogP contribution in [-0.4, -0.2) is 5.91 Å². The van der Waals surface area contributed by atoms with Crippen LogP contribution in [-0.2, 0) is 6.54 Å². The topological polar surface area (TPSA) is 52.9 Å². The maximum atomic E-state index is 11.6. The monoisotopic (exact) mass is 242 g/mol. The SMILES string of the molecule is N#Cc1ccc(CNC(=O)c2ccsc2)cc1. The van der Waals surface area contributed by atoms with Crippen molar-refractivity contribution in [2.75, 3.05) is 0 Å². The van der Waals surface area contributed by atoms with Crippen LogP contribution in [0, 0.1) is 11.3 Å². The van der Waals surface area contributed by atoms with E-state index in [2.05, 4.69) is 11.4 Å². The smallest absolute Gasteiger partial charge is 0.252 e. The van der Waals surface area contributed by atoms with Crippen LogP contribution in [0.3, 0.4) is 0 Å². The van der Waals surface area contributed by atoms with Crippen LogP contribution in [0.1, 0.15) is 21.5 Å². The standard InChI is InChI=1S/C13H10N2OS/c14-7-10-1-3-11(4-2-10)8-15-13(16)12-5-6-17-9-12/h1-6,9H,8H2,(H,15,16). The Morgan fingerprint density at radius 2 is 2.06 bits per heavy atom. The molecule has 1 aromatic heterocycles. The summed E-state index contributed by atoms with van der Waals surface area (Å²) in [6, 6.07) is 11.0. The van der Waals surface area contributed by atoms with Crippen molar-refractivity contribution in [1.29, 1.82) is 5.26 Å². The molecule has 17 heavy (non-hydrogen) atoms. The largest absolute Gasteiger partial charge is 0.348 e. The van der Waals surface area contributed by atoms with Crippen molar-refractivity contribution >= 4 is 17.2 Å². The Kier molecular flexibility index (Phi) is 3.53. The molecule has 1 amide bonds. The molecule has 0 atom stereocenters. The number of nitrogens with one attached hydrogen (secondary N) is 1. The van der Waals surface area contributed by atoms with Gasteiger partial charge in [-0.1, -0.05) is 12.1 Å². The fraction of sp³-hybridized carbons (Fsp3) is 0.0769. The number of hydrogen-bond acceptors (Lipinski definition) is 3. The quantitative estimate of drug-likeness (QED) is 0.899. The Morgan fingerprint density at radius 1 is 1.29 bits per heavy atom. The van der Waals surface area contributed by atoms with E-state index in [1.807, 2.05) is 22.9 Å². The summed E-state index contributed by atoms with van der Waals surface area (Å²) in [6.45, 7) is 0.473. The zero-order valence-electron chi connectivity index (χ0n) is 9.01. The van der Waals surface area contributed by atoms with E-state index in [0.717, 1.165) is 5.56 Å². The highest BCUT2D eigenvalue weighted by atomic mass is 32.1. The van der Waals surface area contributed by atoms with Crippen molar-refractivity contribution in [2.45, 2.75) is 6.54 Å². The van der Waals surface area contributed by atoms with Gasteiger partial charge in [-0.3, -0.25) is 4.79 Å². The number of nitriles is 1. The van der Waals surface area contributed by atoms with Gasteiger partial charge in [-0.25, -0.2) is 0 Å². The van der Waals surface area contributed by atoms with Crippen molar-refractivity contribution in [1.82, 2.24) is 5.32 Å². The number of rotatable bonds is 3. The fourth-order valence-electron chi connectivity index (χ4n) is 1.38. The van der Waals surface area contributed by atoms with Crippen molar-refractivity contribution in [2.24, 2.45) is 0 Å². The summed E-state index contributed by atoms with van der Waals surface area (Å²) >= 11 is 1.50. The highest BCUT2D eigenvalue weighted by Crippen LogP contribution is 2.07. The summed E-state index contributed by atoms with van der Waals surface area (Å²) in [5, 5.41) is 15.2. The molecule has 0 aliphatic rings.